The second-order valence-corrected chi connectivity index (χ2v) is 6.04. The van der Waals surface area contributed by atoms with E-state index in [9.17, 15) is 4.79 Å². The second-order valence-electron chi connectivity index (χ2n) is 6.04. The lowest BCUT2D eigenvalue weighted by molar-refractivity contribution is 0.0264. The van der Waals surface area contributed by atoms with Crippen LogP contribution in [0.5, 0.6) is 0 Å². The smallest absolute Gasteiger partial charge is 0.410 e. The molecule has 0 rings (SSSR count). The molecular formula is C16H35IN4O3. The van der Waals surface area contributed by atoms with Gasteiger partial charge in [0.05, 0.1) is 0 Å². The van der Waals surface area contributed by atoms with Crippen LogP contribution in [0.3, 0.4) is 0 Å². The molecule has 0 aliphatic heterocycles. The van der Waals surface area contributed by atoms with E-state index >= 15 is 0 Å². The molecule has 0 bridgehead atoms. The zero-order valence-corrected chi connectivity index (χ0v) is 18.3. The van der Waals surface area contributed by atoms with Gasteiger partial charge in [-0.1, -0.05) is 0 Å². The Bertz CT molecular complexity index is 360. The molecule has 0 aromatic heterocycles. The number of aliphatic imine (C=N–C) groups is 1. The highest BCUT2D eigenvalue weighted by atomic mass is 127. The molecule has 0 aromatic rings. The minimum Gasteiger partial charge on any atom is -0.444 e. The molecule has 0 unspecified atom stereocenters. The number of hydrogen-bond donors (Lipinski definition) is 2. The number of carbonyl (C=O) groups excluding carboxylic acids is 1. The first-order chi connectivity index (χ1) is 10.8. The first kappa shape index (κ1) is 25.5. The van der Waals surface area contributed by atoms with Crippen LogP contribution in [0, 0.1) is 0 Å². The predicted molar refractivity (Wildman–Crippen MR) is 109 cm³/mol. The van der Waals surface area contributed by atoms with Crippen molar-refractivity contribution in [3.63, 3.8) is 0 Å². The lowest BCUT2D eigenvalue weighted by Crippen LogP contribution is -2.44. The number of carbonyl (C=O) groups is 1. The number of nitrogens with one attached hydrogen (secondary N) is 2. The van der Waals surface area contributed by atoms with Crippen molar-refractivity contribution in [2.45, 2.75) is 46.6 Å². The van der Waals surface area contributed by atoms with Gasteiger partial charge >= 0.3 is 6.09 Å². The van der Waals surface area contributed by atoms with E-state index in [1.54, 1.807) is 11.9 Å². The number of ether oxygens (including phenoxy) is 2. The Balaban J connectivity index is 0. The molecule has 24 heavy (non-hydrogen) atoms. The van der Waals surface area contributed by atoms with Gasteiger partial charge in [-0.05, 0) is 41.0 Å². The summed E-state index contributed by atoms with van der Waals surface area (Å²) >= 11 is 0. The molecule has 0 aromatic carbocycles. The van der Waals surface area contributed by atoms with Gasteiger partial charge in [0.15, 0.2) is 5.96 Å². The fourth-order valence-electron chi connectivity index (χ4n) is 1.76. The zero-order valence-electron chi connectivity index (χ0n) is 16.0. The number of halogens is 1. The molecule has 7 nitrogen and oxygen atoms in total. The van der Waals surface area contributed by atoms with Crippen LogP contribution in [0.2, 0.25) is 0 Å². The molecule has 0 heterocycles. The third kappa shape index (κ3) is 13.6. The number of nitrogens with zero attached hydrogens (tertiary/aromatic N) is 2. The number of rotatable bonds is 9. The van der Waals surface area contributed by atoms with E-state index in [2.05, 4.69) is 15.6 Å². The second kappa shape index (κ2) is 14.6. The third-order valence-corrected chi connectivity index (χ3v) is 2.89. The summed E-state index contributed by atoms with van der Waals surface area (Å²) in [7, 11) is 1.73. The number of hydrogen-bond acceptors (Lipinski definition) is 4. The summed E-state index contributed by atoms with van der Waals surface area (Å²) in [6, 6.07) is 0. The Morgan fingerprint density at radius 2 is 1.79 bits per heavy atom. The Kier molecular flexibility index (Phi) is 15.5. The van der Waals surface area contributed by atoms with Crippen molar-refractivity contribution in [3.05, 3.63) is 0 Å². The average molecular weight is 458 g/mol. The van der Waals surface area contributed by atoms with Gasteiger partial charge in [0, 0.05) is 46.4 Å². The Hall–Kier alpha value is -0.770. The van der Waals surface area contributed by atoms with E-state index in [-0.39, 0.29) is 30.1 Å². The molecule has 0 saturated carbocycles. The highest BCUT2D eigenvalue weighted by Crippen LogP contribution is 2.09. The standard InChI is InChI=1S/C16H34N4O3.HI/c1-7-20(15(21)23-16(3,4)5)12-11-19-14(17-6)18-10-9-13-22-8-2;/h7-13H2,1-6H3,(H2,17,18,19);1H. The lowest BCUT2D eigenvalue weighted by atomic mass is 10.2. The van der Waals surface area contributed by atoms with Crippen LogP contribution >= 0.6 is 24.0 Å². The number of amides is 1. The molecule has 8 heteroatoms. The van der Waals surface area contributed by atoms with Crippen molar-refractivity contribution >= 4 is 36.0 Å². The molecular weight excluding hydrogens is 423 g/mol. The van der Waals surface area contributed by atoms with E-state index < -0.39 is 5.60 Å². The van der Waals surface area contributed by atoms with Crippen molar-refractivity contribution < 1.29 is 14.3 Å². The molecule has 0 aliphatic carbocycles. The van der Waals surface area contributed by atoms with Gasteiger partial charge in [-0.15, -0.1) is 24.0 Å². The normalized spacial score (nSPS) is 11.5. The third-order valence-electron chi connectivity index (χ3n) is 2.89. The van der Waals surface area contributed by atoms with Crippen LogP contribution in [0.15, 0.2) is 4.99 Å². The van der Waals surface area contributed by atoms with Crippen LogP contribution in [-0.4, -0.2) is 69.0 Å². The molecule has 0 fully saturated rings. The van der Waals surface area contributed by atoms with Crippen molar-refractivity contribution in [3.8, 4) is 0 Å². The summed E-state index contributed by atoms with van der Waals surface area (Å²) in [5.74, 6) is 0.724. The maximum atomic E-state index is 12.0. The highest BCUT2D eigenvalue weighted by Gasteiger charge is 2.20. The Labute approximate surface area is 164 Å². The number of likely N-dealkylation sites (N-methyl/N-ethyl adjacent to an activating group) is 1. The van der Waals surface area contributed by atoms with E-state index in [0.717, 1.165) is 32.1 Å². The summed E-state index contributed by atoms with van der Waals surface area (Å²) < 4.78 is 10.7. The van der Waals surface area contributed by atoms with Gasteiger partial charge in [0.25, 0.3) is 0 Å². The van der Waals surface area contributed by atoms with Gasteiger partial charge in [-0.3, -0.25) is 4.99 Å². The van der Waals surface area contributed by atoms with E-state index in [1.165, 1.54) is 0 Å². The zero-order chi connectivity index (χ0) is 17.7. The average Bonchev–Trinajstić information content (AvgIpc) is 2.47. The van der Waals surface area contributed by atoms with Gasteiger partial charge in [-0.25, -0.2) is 4.79 Å². The van der Waals surface area contributed by atoms with Crippen molar-refractivity contribution in [2.24, 2.45) is 4.99 Å². The van der Waals surface area contributed by atoms with Crippen molar-refractivity contribution in [1.82, 2.24) is 15.5 Å². The summed E-state index contributed by atoms with van der Waals surface area (Å²) in [5.41, 5.74) is -0.476. The summed E-state index contributed by atoms with van der Waals surface area (Å²) in [4.78, 5) is 17.8. The van der Waals surface area contributed by atoms with Gasteiger partial charge in [-0.2, -0.15) is 0 Å². The molecule has 144 valence electrons. The van der Waals surface area contributed by atoms with E-state index in [1.807, 2.05) is 34.6 Å². The molecule has 0 radical (unpaired) electrons. The minimum atomic E-state index is -0.476. The van der Waals surface area contributed by atoms with Crippen LogP contribution < -0.4 is 10.6 Å². The van der Waals surface area contributed by atoms with E-state index in [0.29, 0.717) is 19.6 Å². The summed E-state index contributed by atoms with van der Waals surface area (Å²) in [6.45, 7) is 13.6. The van der Waals surface area contributed by atoms with Crippen LogP contribution in [-0.2, 0) is 9.47 Å². The van der Waals surface area contributed by atoms with Crippen LogP contribution in [0.25, 0.3) is 0 Å². The van der Waals surface area contributed by atoms with Gasteiger partial charge in [0.2, 0.25) is 0 Å². The molecule has 0 aliphatic rings. The Morgan fingerprint density at radius 3 is 2.29 bits per heavy atom. The maximum Gasteiger partial charge on any atom is 0.410 e. The quantitative estimate of drug-likeness (QED) is 0.240. The predicted octanol–water partition coefficient (Wildman–Crippen LogP) is 2.45. The monoisotopic (exact) mass is 458 g/mol. The summed E-state index contributed by atoms with van der Waals surface area (Å²) in [6.07, 6.45) is 0.634. The lowest BCUT2D eigenvalue weighted by Gasteiger charge is -2.26. The minimum absolute atomic E-state index is 0. The first-order valence-corrected chi connectivity index (χ1v) is 8.34. The van der Waals surface area contributed by atoms with Crippen LogP contribution in [0.1, 0.15) is 41.0 Å². The maximum absolute atomic E-state index is 12.0. The molecule has 1 amide bonds. The summed E-state index contributed by atoms with van der Waals surface area (Å²) in [5, 5.41) is 6.40. The molecule has 2 N–H and O–H groups in total. The van der Waals surface area contributed by atoms with Crippen molar-refractivity contribution in [1.29, 1.82) is 0 Å². The Morgan fingerprint density at radius 1 is 1.17 bits per heavy atom. The first-order valence-electron chi connectivity index (χ1n) is 8.34. The fraction of sp³-hybridized carbons (Fsp3) is 0.875. The van der Waals surface area contributed by atoms with Gasteiger partial charge in [0.1, 0.15) is 5.60 Å². The molecule has 0 atom stereocenters. The van der Waals surface area contributed by atoms with Crippen LogP contribution in [0.4, 0.5) is 4.79 Å². The highest BCUT2D eigenvalue weighted by molar-refractivity contribution is 14.0. The SMILES string of the molecule is CCOCCCNC(=NC)NCCN(CC)C(=O)OC(C)(C)C.I. The number of guanidine groups is 1. The van der Waals surface area contributed by atoms with Gasteiger partial charge < -0.3 is 25.0 Å². The molecule has 0 spiro atoms. The largest absolute Gasteiger partial charge is 0.444 e. The topological polar surface area (TPSA) is 75.2 Å². The molecule has 0 saturated heterocycles. The van der Waals surface area contributed by atoms with Crippen molar-refractivity contribution in [2.75, 3.05) is 46.4 Å². The van der Waals surface area contributed by atoms with E-state index in [4.69, 9.17) is 9.47 Å². The fourth-order valence-corrected chi connectivity index (χ4v) is 1.76.